The van der Waals surface area contributed by atoms with Crippen molar-refractivity contribution in [2.45, 2.75) is 6.54 Å². The maximum absolute atomic E-state index is 11.4. The van der Waals surface area contributed by atoms with Gasteiger partial charge in [0.05, 0.1) is 6.54 Å². The molecular weight excluding hydrogens is 153 g/mol. The van der Waals surface area contributed by atoms with Crippen LogP contribution in [0, 0.1) is 0 Å². The Bertz CT molecular complexity index is 333. The van der Waals surface area contributed by atoms with Crippen molar-refractivity contribution in [3.05, 3.63) is 11.8 Å². The van der Waals surface area contributed by atoms with Crippen LogP contribution in [0.3, 0.4) is 0 Å². The fraction of sp³-hybridized carbons (Fsp3) is 0.429. The van der Waals surface area contributed by atoms with Gasteiger partial charge in [-0.05, 0) is 6.07 Å². The average molecular weight is 161 g/mol. The summed E-state index contributed by atoms with van der Waals surface area (Å²) in [5.74, 6) is -0.00884. The minimum atomic E-state index is -0.00884. The lowest BCUT2D eigenvalue weighted by atomic mass is 10.1. The zero-order valence-corrected chi connectivity index (χ0v) is 6.82. The molecule has 12 heavy (non-hydrogen) atoms. The van der Waals surface area contributed by atoms with Crippen LogP contribution in [0.15, 0.2) is 6.07 Å². The van der Waals surface area contributed by atoms with Gasteiger partial charge < -0.3 is 4.90 Å². The first-order valence-electron chi connectivity index (χ1n) is 3.77. The van der Waals surface area contributed by atoms with Gasteiger partial charge in [0.25, 0.3) is 5.91 Å². The number of hydrogen-bond acceptors (Lipinski definition) is 2. The van der Waals surface area contributed by atoms with Crippen LogP contribution in [0.4, 0.5) is 0 Å². The number of amides is 1. The number of hydrogen-bond donors (Lipinski definition) is 0. The van der Waals surface area contributed by atoms with Crippen molar-refractivity contribution in [2.24, 2.45) is 0 Å². The van der Waals surface area contributed by atoms with E-state index in [-0.39, 0.29) is 5.91 Å². The Hall–Kier alpha value is -1.26. The highest BCUT2D eigenvalue weighted by atomic mass is 16.2. The van der Waals surface area contributed by atoms with Gasteiger partial charge in [0, 0.05) is 19.2 Å². The van der Waals surface area contributed by atoms with Gasteiger partial charge in [0.15, 0.2) is 0 Å². The lowest BCUT2D eigenvalue weighted by Crippen LogP contribution is -2.37. The van der Waals surface area contributed by atoms with Crippen molar-refractivity contribution in [1.82, 2.24) is 14.7 Å². The number of aromatic nitrogens is 2. The normalized spacial score (nSPS) is 16.4. The summed E-state index contributed by atoms with van der Waals surface area (Å²) in [5.41, 5.74) is 0.995. The summed E-state index contributed by atoms with van der Waals surface area (Å²) in [6.07, 6.45) is 0. The van der Waals surface area contributed by atoms with E-state index in [1.807, 2.05) is 0 Å². The predicted octanol–water partition coefficient (Wildman–Crippen LogP) is -1.24. The van der Waals surface area contributed by atoms with Gasteiger partial charge in [0.2, 0.25) is 0 Å². The molecule has 5 heteroatoms. The third-order valence-corrected chi connectivity index (χ3v) is 2.01. The second-order valence-electron chi connectivity index (χ2n) is 2.90. The molecule has 0 aliphatic carbocycles. The molecule has 1 aliphatic heterocycles. The number of carbonyl (C=O) groups is 1. The largest absolute Gasteiger partial charge is 0.339 e. The maximum Gasteiger partial charge on any atom is 0.271 e. The van der Waals surface area contributed by atoms with E-state index in [1.54, 1.807) is 22.7 Å². The van der Waals surface area contributed by atoms with Gasteiger partial charge >= 0.3 is 0 Å². The molecule has 1 amide bonds. The van der Waals surface area contributed by atoms with E-state index in [9.17, 15) is 4.79 Å². The molecule has 0 N–H and O–H groups in total. The molecule has 4 nitrogen and oxygen atoms in total. The standard InChI is InChI=1S/C7H8BN3O/c1-10-2-3-11-5(7(10)12)4-6(8)9-11/h4H,2-3H2,1H3. The molecule has 0 fully saturated rings. The summed E-state index contributed by atoms with van der Waals surface area (Å²) in [6.45, 7) is 1.43. The third kappa shape index (κ3) is 0.930. The molecule has 1 aromatic rings. The SMILES string of the molecule is [B]c1cc2n(n1)CCN(C)C2=O. The highest BCUT2D eigenvalue weighted by Crippen LogP contribution is 2.07. The molecule has 0 saturated heterocycles. The van der Waals surface area contributed by atoms with Crippen molar-refractivity contribution in [3.8, 4) is 0 Å². The van der Waals surface area contributed by atoms with Crippen LogP contribution in [-0.2, 0) is 6.54 Å². The van der Waals surface area contributed by atoms with Crippen LogP contribution in [-0.4, -0.2) is 42.0 Å². The number of nitrogens with zero attached hydrogens (tertiary/aromatic N) is 3. The van der Waals surface area contributed by atoms with Crippen LogP contribution < -0.4 is 5.59 Å². The van der Waals surface area contributed by atoms with Gasteiger partial charge in [-0.3, -0.25) is 9.48 Å². The highest BCUT2D eigenvalue weighted by molar-refractivity contribution is 6.31. The van der Waals surface area contributed by atoms with Gasteiger partial charge in [-0.25, -0.2) is 0 Å². The smallest absolute Gasteiger partial charge is 0.271 e. The Labute approximate surface area is 71.6 Å². The molecule has 1 aliphatic rings. The Kier molecular flexibility index (Phi) is 1.46. The van der Waals surface area contributed by atoms with Crippen LogP contribution in [0.1, 0.15) is 10.5 Å². The van der Waals surface area contributed by atoms with E-state index in [1.165, 1.54) is 0 Å². The first kappa shape index (κ1) is 7.40. The molecule has 2 radical (unpaired) electrons. The van der Waals surface area contributed by atoms with Gasteiger partial charge in [-0.15, -0.1) is 0 Å². The predicted molar refractivity (Wildman–Crippen MR) is 44.6 cm³/mol. The Morgan fingerprint density at radius 3 is 3.08 bits per heavy atom. The van der Waals surface area contributed by atoms with Crippen LogP contribution >= 0.6 is 0 Å². The maximum atomic E-state index is 11.4. The summed E-state index contributed by atoms with van der Waals surface area (Å²) in [7, 11) is 7.24. The molecule has 0 aromatic carbocycles. The fourth-order valence-electron chi connectivity index (χ4n) is 1.32. The second kappa shape index (κ2) is 2.37. The molecule has 0 spiro atoms. The fourth-order valence-corrected chi connectivity index (χ4v) is 1.32. The van der Waals surface area contributed by atoms with E-state index >= 15 is 0 Å². The Morgan fingerprint density at radius 2 is 2.33 bits per heavy atom. The zero-order chi connectivity index (χ0) is 8.72. The molecule has 0 unspecified atom stereocenters. The first-order valence-corrected chi connectivity index (χ1v) is 3.77. The van der Waals surface area contributed by atoms with E-state index in [2.05, 4.69) is 5.10 Å². The zero-order valence-electron chi connectivity index (χ0n) is 6.82. The molecule has 1 aromatic heterocycles. The Balaban J connectivity index is 2.48. The average Bonchev–Trinajstić information content (AvgIpc) is 2.39. The number of likely N-dealkylation sites (N-methyl/N-ethyl adjacent to an activating group) is 1. The van der Waals surface area contributed by atoms with E-state index in [4.69, 9.17) is 7.85 Å². The summed E-state index contributed by atoms with van der Waals surface area (Å²) >= 11 is 0. The summed E-state index contributed by atoms with van der Waals surface area (Å²) in [4.78, 5) is 13.1. The first-order chi connectivity index (χ1) is 5.68. The molecule has 0 atom stereocenters. The monoisotopic (exact) mass is 161 g/mol. The highest BCUT2D eigenvalue weighted by Gasteiger charge is 2.22. The molecule has 0 bridgehead atoms. The lowest BCUT2D eigenvalue weighted by molar-refractivity contribution is 0.0743. The molecule has 2 heterocycles. The number of fused-ring (bicyclic) bond motifs is 1. The van der Waals surface area contributed by atoms with Crippen molar-refractivity contribution in [3.63, 3.8) is 0 Å². The topological polar surface area (TPSA) is 38.1 Å². The summed E-state index contributed by atoms with van der Waals surface area (Å²) < 4.78 is 1.65. The second-order valence-corrected chi connectivity index (χ2v) is 2.90. The van der Waals surface area contributed by atoms with E-state index in [0.29, 0.717) is 17.8 Å². The molecular formula is C7H8BN3O. The molecule has 60 valence electrons. The van der Waals surface area contributed by atoms with Crippen molar-refractivity contribution in [2.75, 3.05) is 13.6 Å². The Morgan fingerprint density at radius 1 is 1.58 bits per heavy atom. The molecule has 0 saturated carbocycles. The summed E-state index contributed by atoms with van der Waals surface area (Å²) in [5, 5.41) is 3.98. The minimum absolute atomic E-state index is 0.00884. The number of carbonyl (C=O) groups excluding carboxylic acids is 1. The number of rotatable bonds is 0. The van der Waals surface area contributed by atoms with Gasteiger partial charge in [-0.2, -0.15) is 5.10 Å². The lowest BCUT2D eigenvalue weighted by Gasteiger charge is -2.22. The quantitative estimate of drug-likeness (QED) is 0.446. The van der Waals surface area contributed by atoms with Gasteiger partial charge in [-0.1, -0.05) is 0 Å². The third-order valence-electron chi connectivity index (χ3n) is 2.01. The summed E-state index contributed by atoms with van der Waals surface area (Å²) in [6, 6.07) is 1.61. The van der Waals surface area contributed by atoms with Crippen molar-refractivity contribution >= 4 is 19.3 Å². The van der Waals surface area contributed by atoms with Gasteiger partial charge in [0.1, 0.15) is 13.5 Å². The van der Waals surface area contributed by atoms with Crippen LogP contribution in [0.5, 0.6) is 0 Å². The minimum Gasteiger partial charge on any atom is -0.339 e. The molecule has 2 rings (SSSR count). The van der Waals surface area contributed by atoms with E-state index < -0.39 is 0 Å². The van der Waals surface area contributed by atoms with Crippen LogP contribution in [0.2, 0.25) is 0 Å². The van der Waals surface area contributed by atoms with Crippen LogP contribution in [0.25, 0.3) is 0 Å². The van der Waals surface area contributed by atoms with E-state index in [0.717, 1.165) is 6.54 Å². The van der Waals surface area contributed by atoms with Crippen molar-refractivity contribution in [1.29, 1.82) is 0 Å². The van der Waals surface area contributed by atoms with Crippen molar-refractivity contribution < 1.29 is 4.79 Å².